The summed E-state index contributed by atoms with van der Waals surface area (Å²) in [7, 11) is 0. The second-order valence-corrected chi connectivity index (χ2v) is 13.6. The molecular formula is C40H48CoN2O6. The van der Waals surface area contributed by atoms with Crippen molar-refractivity contribution in [3.05, 3.63) is 94.0 Å². The van der Waals surface area contributed by atoms with E-state index in [0.29, 0.717) is 22.5 Å². The number of carbonyl (C=O) groups excluding carboxylic acids is 2. The van der Waals surface area contributed by atoms with Crippen LogP contribution in [0.3, 0.4) is 0 Å². The predicted octanol–water partition coefficient (Wildman–Crippen LogP) is 6.98. The van der Waals surface area contributed by atoms with Crippen LogP contribution in [-0.2, 0) is 50.0 Å². The number of carbonyl (C=O) groups is 2. The quantitative estimate of drug-likeness (QED) is 0.207. The van der Waals surface area contributed by atoms with E-state index in [0.717, 1.165) is 59.7 Å². The first kappa shape index (κ1) is 42.5. The topological polar surface area (TPSA) is 145 Å². The number of nitrogens with zero attached hydrogens (tertiary/aromatic N) is 2. The minimum Gasteiger partial charge on any atom is -0.550 e. The van der Waals surface area contributed by atoms with E-state index in [2.05, 4.69) is 79.7 Å². The maximum Gasteiger partial charge on any atom is 2.00 e. The van der Waals surface area contributed by atoms with Crippen LogP contribution in [-0.4, -0.2) is 34.6 Å². The fraction of sp³-hybridized carbons (Fsp3) is 0.350. The average Bonchev–Trinajstić information content (AvgIpc) is 2.98. The average molecular weight is 712 g/mol. The Kier molecular flexibility index (Phi) is 15.9. The first-order chi connectivity index (χ1) is 22.3. The number of phenols is 2. The molecule has 0 aliphatic carbocycles. The summed E-state index contributed by atoms with van der Waals surface area (Å²) in [5.41, 5.74) is 6.49. The van der Waals surface area contributed by atoms with Crippen LogP contribution in [0.4, 0.5) is 11.4 Å². The molecule has 263 valence electrons. The molecule has 0 saturated carbocycles. The van der Waals surface area contributed by atoms with Crippen LogP contribution in [0.2, 0.25) is 0 Å². The summed E-state index contributed by atoms with van der Waals surface area (Å²) in [5, 5.41) is 42.2. The standard InChI is InChI=1S/C36H42N2O2.2C2H4O2.Co/c1-9-23-15-27(33(39)29(17-23)35(3,4)5)21-37-31-19-25-13-11-12-14-26(25)20-32(31)38-22-28-16-24(10-2)18-30(34(28)40)36(6,7)8;2*1-2(3)4;/h11-22,39-40H,9-10H2,1-8H3;2*1H3,(H,3,4);/q;;;+2/p-2. The first-order valence-electron chi connectivity index (χ1n) is 16.0. The molecule has 0 heterocycles. The van der Waals surface area contributed by atoms with Crippen molar-refractivity contribution in [1.29, 1.82) is 0 Å². The zero-order valence-electron chi connectivity index (χ0n) is 30.1. The van der Waals surface area contributed by atoms with Crippen molar-refractivity contribution in [2.24, 2.45) is 9.98 Å². The predicted molar refractivity (Wildman–Crippen MR) is 192 cm³/mol. The van der Waals surface area contributed by atoms with Gasteiger partial charge in [0.15, 0.2) is 0 Å². The first-order valence-corrected chi connectivity index (χ1v) is 16.0. The van der Waals surface area contributed by atoms with Crippen molar-refractivity contribution in [2.75, 3.05) is 0 Å². The number of carboxylic acid groups (broad SMARTS) is 2. The van der Waals surface area contributed by atoms with Gasteiger partial charge in [-0.1, -0.05) is 91.8 Å². The third-order valence-electron chi connectivity index (χ3n) is 7.36. The van der Waals surface area contributed by atoms with E-state index >= 15 is 0 Å². The summed E-state index contributed by atoms with van der Waals surface area (Å²) < 4.78 is 0. The van der Waals surface area contributed by atoms with Gasteiger partial charge in [0.25, 0.3) is 0 Å². The molecule has 0 unspecified atom stereocenters. The summed E-state index contributed by atoms with van der Waals surface area (Å²) in [5.74, 6) is -1.65. The zero-order valence-corrected chi connectivity index (χ0v) is 31.1. The van der Waals surface area contributed by atoms with Gasteiger partial charge in [-0.25, -0.2) is 0 Å². The van der Waals surface area contributed by atoms with Gasteiger partial charge >= 0.3 is 16.8 Å². The molecule has 0 spiro atoms. The molecule has 0 fully saturated rings. The van der Waals surface area contributed by atoms with Crippen molar-refractivity contribution in [3.8, 4) is 11.5 Å². The number of phenolic OH excluding ortho intramolecular Hbond substituents is 2. The smallest absolute Gasteiger partial charge is 0.550 e. The van der Waals surface area contributed by atoms with Gasteiger partial charge in [-0.2, -0.15) is 0 Å². The van der Waals surface area contributed by atoms with E-state index in [1.165, 1.54) is 0 Å². The second-order valence-electron chi connectivity index (χ2n) is 13.6. The number of aromatic hydroxyl groups is 2. The summed E-state index contributed by atoms with van der Waals surface area (Å²) in [6.45, 7) is 18.8. The van der Waals surface area contributed by atoms with E-state index in [1.807, 2.05) is 36.4 Å². The Morgan fingerprint density at radius 1 is 0.653 bits per heavy atom. The molecule has 0 bridgehead atoms. The number of hydrogen-bond donors (Lipinski definition) is 2. The molecule has 1 radical (unpaired) electrons. The number of benzene rings is 4. The number of aliphatic imine (C=N–C) groups is 2. The van der Waals surface area contributed by atoms with Crippen LogP contribution in [0.1, 0.15) is 103 Å². The Morgan fingerprint density at radius 3 is 1.22 bits per heavy atom. The largest absolute Gasteiger partial charge is 2.00 e. The normalized spacial score (nSPS) is 11.4. The third kappa shape index (κ3) is 12.8. The van der Waals surface area contributed by atoms with E-state index in [4.69, 9.17) is 29.8 Å². The SMILES string of the molecule is CC(=O)[O-].CC(=O)[O-].CCc1cc(C=Nc2cc3ccccc3cc2N=Cc2cc(CC)cc(C(C)(C)C)c2O)c(O)c(C(C)(C)C)c1.[Co+2]. The van der Waals surface area contributed by atoms with Crippen molar-refractivity contribution in [1.82, 2.24) is 0 Å². The molecule has 0 amide bonds. The second kappa shape index (κ2) is 18.3. The molecule has 0 saturated heterocycles. The molecule has 0 aromatic heterocycles. The molecule has 0 aliphatic rings. The van der Waals surface area contributed by atoms with Gasteiger partial charge in [-0.05, 0) is 83.7 Å². The maximum absolute atomic E-state index is 11.1. The van der Waals surface area contributed by atoms with Gasteiger partial charge in [-0.3, -0.25) is 9.98 Å². The molecule has 4 aromatic rings. The third-order valence-corrected chi connectivity index (χ3v) is 7.36. The summed E-state index contributed by atoms with van der Waals surface area (Å²) in [6, 6.07) is 20.3. The van der Waals surface area contributed by atoms with E-state index in [1.54, 1.807) is 12.4 Å². The van der Waals surface area contributed by atoms with E-state index in [9.17, 15) is 10.2 Å². The molecule has 4 rings (SSSR count). The number of carboxylic acids is 2. The van der Waals surface area contributed by atoms with E-state index < -0.39 is 11.9 Å². The molecule has 0 aliphatic heterocycles. The van der Waals surface area contributed by atoms with Gasteiger partial charge < -0.3 is 30.0 Å². The van der Waals surface area contributed by atoms with Crippen LogP contribution >= 0.6 is 0 Å². The monoisotopic (exact) mass is 711 g/mol. The molecule has 8 nitrogen and oxygen atoms in total. The van der Waals surface area contributed by atoms with Crippen LogP contribution in [0.15, 0.2) is 70.6 Å². The Bertz CT molecular complexity index is 1670. The molecule has 2 N–H and O–H groups in total. The molecule has 9 heteroatoms. The zero-order chi connectivity index (χ0) is 36.4. The summed E-state index contributed by atoms with van der Waals surface area (Å²) in [4.78, 5) is 27.5. The molecule has 4 aromatic carbocycles. The van der Waals surface area contributed by atoms with Crippen LogP contribution in [0.25, 0.3) is 10.8 Å². The number of rotatable bonds is 6. The molecule has 49 heavy (non-hydrogen) atoms. The number of aryl methyl sites for hydroxylation is 2. The van der Waals surface area contributed by atoms with Gasteiger partial charge in [-0.15, -0.1) is 0 Å². The van der Waals surface area contributed by atoms with Crippen LogP contribution < -0.4 is 10.2 Å². The molecule has 0 atom stereocenters. The van der Waals surface area contributed by atoms with Gasteiger partial charge in [0.2, 0.25) is 0 Å². The van der Waals surface area contributed by atoms with E-state index in [-0.39, 0.29) is 39.1 Å². The van der Waals surface area contributed by atoms with Crippen LogP contribution in [0.5, 0.6) is 11.5 Å². The van der Waals surface area contributed by atoms with Gasteiger partial charge in [0, 0.05) is 46.6 Å². The Morgan fingerprint density at radius 2 is 0.959 bits per heavy atom. The van der Waals surface area contributed by atoms with Crippen molar-refractivity contribution in [3.63, 3.8) is 0 Å². The minimum atomic E-state index is -1.08. The number of hydrogen-bond acceptors (Lipinski definition) is 8. The fourth-order valence-electron chi connectivity index (χ4n) is 4.89. The van der Waals surface area contributed by atoms with Crippen molar-refractivity contribution >= 4 is 46.5 Å². The van der Waals surface area contributed by atoms with Crippen molar-refractivity contribution in [2.45, 2.75) is 92.9 Å². The number of aliphatic carboxylic acids is 2. The Labute approximate surface area is 300 Å². The summed E-state index contributed by atoms with van der Waals surface area (Å²) >= 11 is 0. The van der Waals surface area contributed by atoms with Crippen LogP contribution in [0, 0.1) is 0 Å². The van der Waals surface area contributed by atoms with Gasteiger partial charge in [0.1, 0.15) is 11.5 Å². The van der Waals surface area contributed by atoms with Gasteiger partial charge in [0.05, 0.1) is 11.4 Å². The summed E-state index contributed by atoms with van der Waals surface area (Å²) in [6.07, 6.45) is 5.21. The fourth-order valence-corrected chi connectivity index (χ4v) is 4.89. The molecular weight excluding hydrogens is 663 g/mol. The van der Waals surface area contributed by atoms with Crippen molar-refractivity contribution < 1.29 is 46.8 Å². The minimum absolute atomic E-state index is 0. The Hall–Kier alpha value is -4.47. The Balaban J connectivity index is 0.00000120. The maximum atomic E-state index is 11.1. The number of fused-ring (bicyclic) bond motifs is 1.